The molecule has 2 N–H and O–H groups in total. The number of morpholine rings is 1. The quantitative estimate of drug-likeness (QED) is 0.766. The molecule has 5 heteroatoms. The number of nitrogens with one attached hydrogen (secondary N) is 2. The van der Waals surface area contributed by atoms with E-state index in [1.165, 1.54) is 0 Å². The smallest absolute Gasteiger partial charge is 0.223 e. The van der Waals surface area contributed by atoms with Gasteiger partial charge < -0.3 is 15.4 Å². The number of carbonyl (C=O) groups excluding carboxylic acids is 1. The van der Waals surface area contributed by atoms with Gasteiger partial charge in [0.25, 0.3) is 0 Å². The molecule has 5 nitrogen and oxygen atoms in total. The molecule has 0 aromatic rings. The van der Waals surface area contributed by atoms with Gasteiger partial charge in [-0.2, -0.15) is 0 Å². The van der Waals surface area contributed by atoms with E-state index in [1.54, 1.807) is 0 Å². The Morgan fingerprint density at radius 3 is 2.89 bits per heavy atom. The molecule has 2 saturated heterocycles. The van der Waals surface area contributed by atoms with Crippen LogP contribution in [0.25, 0.3) is 0 Å². The molecule has 2 aliphatic heterocycles. The first-order valence-corrected chi connectivity index (χ1v) is 7.49. The molecule has 3 atom stereocenters. The fourth-order valence-electron chi connectivity index (χ4n) is 2.95. The Bertz CT molecular complexity index is 292. The monoisotopic (exact) mass is 269 g/mol. The zero-order valence-corrected chi connectivity index (χ0v) is 12.2. The second-order valence-corrected chi connectivity index (χ2v) is 5.90. The third kappa shape index (κ3) is 4.75. The number of amides is 1. The fourth-order valence-corrected chi connectivity index (χ4v) is 2.95. The fraction of sp³-hybridized carbons (Fsp3) is 0.929. The molecular formula is C14H27N3O2. The Labute approximate surface area is 116 Å². The summed E-state index contributed by atoms with van der Waals surface area (Å²) in [6, 6.07) is 0.676. The van der Waals surface area contributed by atoms with Crippen molar-refractivity contribution in [1.82, 2.24) is 15.5 Å². The largest absolute Gasteiger partial charge is 0.379 e. The van der Waals surface area contributed by atoms with Crippen LogP contribution in [0.5, 0.6) is 0 Å². The molecular weight excluding hydrogens is 242 g/mol. The minimum atomic E-state index is 0.184. The lowest BCUT2D eigenvalue weighted by Crippen LogP contribution is -2.49. The molecule has 2 fully saturated rings. The van der Waals surface area contributed by atoms with Gasteiger partial charge in [0.2, 0.25) is 5.91 Å². The van der Waals surface area contributed by atoms with E-state index in [0.717, 1.165) is 52.2 Å². The van der Waals surface area contributed by atoms with Crippen LogP contribution in [0.1, 0.15) is 26.7 Å². The van der Waals surface area contributed by atoms with Crippen LogP contribution in [0.2, 0.25) is 0 Å². The van der Waals surface area contributed by atoms with E-state index in [9.17, 15) is 4.79 Å². The minimum absolute atomic E-state index is 0.184. The summed E-state index contributed by atoms with van der Waals surface area (Å²) >= 11 is 0. The van der Waals surface area contributed by atoms with E-state index >= 15 is 0 Å². The van der Waals surface area contributed by atoms with Crippen molar-refractivity contribution >= 4 is 5.91 Å². The Kier molecular flexibility index (Phi) is 5.60. The highest BCUT2D eigenvalue weighted by molar-refractivity contribution is 5.79. The molecule has 1 amide bonds. The molecule has 2 aliphatic rings. The predicted octanol–water partition coefficient (Wildman–Crippen LogP) is 0.211. The number of hydrogen-bond acceptors (Lipinski definition) is 4. The average molecular weight is 269 g/mol. The zero-order chi connectivity index (χ0) is 13.7. The molecule has 3 unspecified atom stereocenters. The summed E-state index contributed by atoms with van der Waals surface area (Å²) in [7, 11) is 0. The molecule has 2 heterocycles. The first kappa shape index (κ1) is 14.8. The van der Waals surface area contributed by atoms with Crippen molar-refractivity contribution in [2.24, 2.45) is 5.92 Å². The van der Waals surface area contributed by atoms with Crippen molar-refractivity contribution in [2.75, 3.05) is 39.4 Å². The van der Waals surface area contributed by atoms with Crippen molar-refractivity contribution in [3.8, 4) is 0 Å². The number of hydrogen-bond donors (Lipinski definition) is 2. The summed E-state index contributed by atoms with van der Waals surface area (Å²) in [5.74, 6) is 0.414. The molecule has 0 radical (unpaired) electrons. The summed E-state index contributed by atoms with van der Waals surface area (Å²) in [5, 5.41) is 6.55. The van der Waals surface area contributed by atoms with Gasteiger partial charge in [0, 0.05) is 37.6 Å². The summed E-state index contributed by atoms with van der Waals surface area (Å²) in [6.45, 7) is 9.70. The molecule has 2 rings (SSSR count). The van der Waals surface area contributed by atoms with Gasteiger partial charge in [-0.3, -0.25) is 9.69 Å². The lowest BCUT2D eigenvalue weighted by Gasteiger charge is -2.31. The van der Waals surface area contributed by atoms with Crippen LogP contribution in [-0.4, -0.2) is 62.3 Å². The van der Waals surface area contributed by atoms with Gasteiger partial charge in [0.1, 0.15) is 0 Å². The number of rotatable bonds is 4. The third-order valence-corrected chi connectivity index (χ3v) is 4.02. The summed E-state index contributed by atoms with van der Waals surface area (Å²) in [5.41, 5.74) is 0. The molecule has 0 aromatic heterocycles. The Morgan fingerprint density at radius 2 is 2.21 bits per heavy atom. The van der Waals surface area contributed by atoms with Gasteiger partial charge in [-0.25, -0.2) is 0 Å². The van der Waals surface area contributed by atoms with E-state index in [4.69, 9.17) is 4.74 Å². The van der Waals surface area contributed by atoms with Gasteiger partial charge in [-0.05, 0) is 33.2 Å². The summed E-state index contributed by atoms with van der Waals surface area (Å²) < 4.78 is 5.33. The van der Waals surface area contributed by atoms with Crippen LogP contribution in [0, 0.1) is 5.92 Å². The number of ether oxygens (including phenoxy) is 1. The first-order valence-electron chi connectivity index (χ1n) is 7.49. The number of piperidine rings is 1. The molecule has 110 valence electrons. The highest BCUT2D eigenvalue weighted by atomic mass is 16.5. The number of carbonyl (C=O) groups is 1. The van der Waals surface area contributed by atoms with Crippen LogP contribution < -0.4 is 10.6 Å². The van der Waals surface area contributed by atoms with Crippen molar-refractivity contribution in [3.63, 3.8) is 0 Å². The van der Waals surface area contributed by atoms with Gasteiger partial charge in [-0.15, -0.1) is 0 Å². The highest BCUT2D eigenvalue weighted by Gasteiger charge is 2.25. The minimum Gasteiger partial charge on any atom is -0.379 e. The number of nitrogens with zero attached hydrogens (tertiary/aromatic N) is 1. The van der Waals surface area contributed by atoms with Crippen molar-refractivity contribution in [3.05, 3.63) is 0 Å². The van der Waals surface area contributed by atoms with Crippen molar-refractivity contribution < 1.29 is 9.53 Å². The van der Waals surface area contributed by atoms with Crippen LogP contribution >= 0.6 is 0 Å². The molecule has 0 aromatic carbocycles. The van der Waals surface area contributed by atoms with Gasteiger partial charge in [-0.1, -0.05) is 0 Å². The van der Waals surface area contributed by atoms with Crippen LogP contribution in [0.3, 0.4) is 0 Å². The van der Waals surface area contributed by atoms with E-state index in [1.807, 2.05) is 0 Å². The van der Waals surface area contributed by atoms with Crippen LogP contribution in [-0.2, 0) is 9.53 Å². The van der Waals surface area contributed by atoms with Gasteiger partial charge >= 0.3 is 0 Å². The predicted molar refractivity (Wildman–Crippen MR) is 75.1 cm³/mol. The van der Waals surface area contributed by atoms with E-state index in [0.29, 0.717) is 6.04 Å². The lowest BCUT2D eigenvalue weighted by molar-refractivity contribution is -0.126. The molecule has 19 heavy (non-hydrogen) atoms. The van der Waals surface area contributed by atoms with Gasteiger partial charge in [0.15, 0.2) is 0 Å². The van der Waals surface area contributed by atoms with Crippen LogP contribution in [0.4, 0.5) is 0 Å². The Morgan fingerprint density at radius 1 is 1.47 bits per heavy atom. The normalized spacial score (nSPS) is 30.8. The topological polar surface area (TPSA) is 53.6 Å². The van der Waals surface area contributed by atoms with Crippen LogP contribution in [0.15, 0.2) is 0 Å². The lowest BCUT2D eigenvalue weighted by atomic mass is 9.92. The summed E-state index contributed by atoms with van der Waals surface area (Å²) in [6.07, 6.45) is 1.91. The molecule has 0 aliphatic carbocycles. The van der Waals surface area contributed by atoms with Crippen molar-refractivity contribution in [1.29, 1.82) is 0 Å². The summed E-state index contributed by atoms with van der Waals surface area (Å²) in [4.78, 5) is 14.6. The maximum absolute atomic E-state index is 12.2. The molecule has 0 saturated carbocycles. The van der Waals surface area contributed by atoms with Crippen molar-refractivity contribution in [2.45, 2.75) is 38.8 Å². The maximum atomic E-state index is 12.2. The maximum Gasteiger partial charge on any atom is 0.223 e. The average Bonchev–Trinajstić information content (AvgIpc) is 2.39. The zero-order valence-electron chi connectivity index (χ0n) is 12.2. The Balaban J connectivity index is 1.71. The Hall–Kier alpha value is -0.650. The molecule has 0 bridgehead atoms. The van der Waals surface area contributed by atoms with Gasteiger partial charge in [0.05, 0.1) is 13.2 Å². The van der Waals surface area contributed by atoms with E-state index < -0.39 is 0 Å². The SMILES string of the molecule is CC1CC(C(=O)NC(C)CN2CCOCC2)CCN1. The second-order valence-electron chi connectivity index (χ2n) is 5.90. The third-order valence-electron chi connectivity index (χ3n) is 4.02. The standard InChI is InChI=1S/C14H27N3O2/c1-11-9-13(3-4-15-11)14(18)16-12(2)10-17-5-7-19-8-6-17/h11-13,15H,3-10H2,1-2H3,(H,16,18). The highest BCUT2D eigenvalue weighted by Crippen LogP contribution is 2.16. The first-order chi connectivity index (χ1) is 9.15. The van der Waals surface area contributed by atoms with E-state index in [2.05, 4.69) is 29.4 Å². The molecule has 0 spiro atoms. The van der Waals surface area contributed by atoms with E-state index in [-0.39, 0.29) is 17.9 Å². The second kappa shape index (κ2) is 7.22.